The van der Waals surface area contributed by atoms with Crippen LogP contribution in [0, 0.1) is 12.8 Å². The SMILES string of the molecule is CCc1cccc(C)c1NC(=O)[C@H]1COc2ccccc2C1. The van der Waals surface area contributed by atoms with Crippen LogP contribution >= 0.6 is 0 Å². The topological polar surface area (TPSA) is 38.3 Å². The molecule has 3 heteroatoms. The molecule has 22 heavy (non-hydrogen) atoms. The number of hydrogen-bond acceptors (Lipinski definition) is 2. The van der Waals surface area contributed by atoms with Crippen LogP contribution in [0.3, 0.4) is 0 Å². The second-order valence-corrected chi connectivity index (χ2v) is 5.77. The minimum absolute atomic E-state index is 0.0403. The average Bonchev–Trinajstić information content (AvgIpc) is 2.56. The summed E-state index contributed by atoms with van der Waals surface area (Å²) in [6.45, 7) is 4.57. The first-order valence-corrected chi connectivity index (χ1v) is 7.79. The molecule has 2 aromatic rings. The molecule has 0 saturated heterocycles. The van der Waals surface area contributed by atoms with Crippen LogP contribution < -0.4 is 10.1 Å². The van der Waals surface area contributed by atoms with E-state index in [1.165, 1.54) is 5.56 Å². The van der Waals surface area contributed by atoms with E-state index in [0.29, 0.717) is 6.61 Å². The molecule has 0 bridgehead atoms. The van der Waals surface area contributed by atoms with Crippen LogP contribution in [0.2, 0.25) is 0 Å². The summed E-state index contributed by atoms with van der Waals surface area (Å²) in [6, 6.07) is 14.1. The van der Waals surface area contributed by atoms with Crippen molar-refractivity contribution in [1.82, 2.24) is 0 Å². The van der Waals surface area contributed by atoms with Crippen molar-refractivity contribution in [3.63, 3.8) is 0 Å². The molecule has 0 aliphatic carbocycles. The van der Waals surface area contributed by atoms with Crippen molar-refractivity contribution in [2.24, 2.45) is 5.92 Å². The fraction of sp³-hybridized carbons (Fsp3) is 0.316. The van der Waals surface area contributed by atoms with Crippen molar-refractivity contribution in [3.05, 3.63) is 59.2 Å². The van der Waals surface area contributed by atoms with Gasteiger partial charge in [-0.3, -0.25) is 4.79 Å². The standard InChI is InChI=1S/C19H21NO2/c1-3-14-9-6-7-13(2)18(14)20-19(21)16-11-15-8-4-5-10-17(15)22-12-16/h4-10,16H,3,11-12H2,1-2H3,(H,20,21)/t16-/m1/s1. The van der Waals surface area contributed by atoms with Gasteiger partial charge in [0.15, 0.2) is 0 Å². The molecule has 2 aromatic carbocycles. The molecular formula is C19H21NO2. The number of carbonyl (C=O) groups excluding carboxylic acids is 1. The largest absolute Gasteiger partial charge is 0.492 e. The van der Waals surface area contributed by atoms with Crippen molar-refractivity contribution in [3.8, 4) is 5.75 Å². The normalized spacial score (nSPS) is 16.5. The molecule has 114 valence electrons. The van der Waals surface area contributed by atoms with Crippen LogP contribution in [-0.2, 0) is 17.6 Å². The van der Waals surface area contributed by atoms with Crippen LogP contribution in [0.4, 0.5) is 5.69 Å². The lowest BCUT2D eigenvalue weighted by Crippen LogP contribution is -2.33. The Balaban J connectivity index is 1.77. The second-order valence-electron chi connectivity index (χ2n) is 5.77. The van der Waals surface area contributed by atoms with E-state index in [1.54, 1.807) is 0 Å². The van der Waals surface area contributed by atoms with E-state index in [-0.39, 0.29) is 11.8 Å². The second kappa shape index (κ2) is 6.22. The molecule has 3 nitrogen and oxygen atoms in total. The van der Waals surface area contributed by atoms with Gasteiger partial charge in [0.2, 0.25) is 5.91 Å². The molecule has 1 heterocycles. The van der Waals surface area contributed by atoms with Gasteiger partial charge in [-0.2, -0.15) is 0 Å². The van der Waals surface area contributed by atoms with Gasteiger partial charge in [0.05, 0.1) is 5.92 Å². The number of carbonyl (C=O) groups is 1. The van der Waals surface area contributed by atoms with E-state index >= 15 is 0 Å². The van der Waals surface area contributed by atoms with Crippen LogP contribution in [-0.4, -0.2) is 12.5 Å². The maximum Gasteiger partial charge on any atom is 0.231 e. The predicted molar refractivity (Wildman–Crippen MR) is 88.3 cm³/mol. The van der Waals surface area contributed by atoms with Gasteiger partial charge in [-0.15, -0.1) is 0 Å². The number of aryl methyl sites for hydroxylation is 2. The fourth-order valence-corrected chi connectivity index (χ4v) is 2.92. The smallest absolute Gasteiger partial charge is 0.231 e. The summed E-state index contributed by atoms with van der Waals surface area (Å²) in [5.74, 6) is 0.800. The molecular weight excluding hydrogens is 274 g/mol. The molecule has 1 aliphatic rings. The predicted octanol–water partition coefficient (Wildman–Crippen LogP) is 3.75. The number of para-hydroxylation sites is 2. The minimum Gasteiger partial charge on any atom is -0.492 e. The van der Waals surface area contributed by atoms with Crippen molar-refractivity contribution >= 4 is 11.6 Å². The van der Waals surface area contributed by atoms with E-state index in [2.05, 4.69) is 18.3 Å². The Morgan fingerprint density at radius 1 is 1.23 bits per heavy atom. The van der Waals surface area contributed by atoms with Crippen LogP contribution in [0.15, 0.2) is 42.5 Å². The first-order valence-electron chi connectivity index (χ1n) is 7.79. The van der Waals surface area contributed by atoms with Gasteiger partial charge in [-0.1, -0.05) is 43.3 Å². The highest BCUT2D eigenvalue weighted by Gasteiger charge is 2.26. The Morgan fingerprint density at radius 3 is 2.86 bits per heavy atom. The van der Waals surface area contributed by atoms with Gasteiger partial charge in [-0.25, -0.2) is 0 Å². The average molecular weight is 295 g/mol. The van der Waals surface area contributed by atoms with Gasteiger partial charge in [0.1, 0.15) is 12.4 Å². The summed E-state index contributed by atoms with van der Waals surface area (Å²) in [5, 5.41) is 3.11. The summed E-state index contributed by atoms with van der Waals surface area (Å²) < 4.78 is 5.72. The molecule has 0 unspecified atom stereocenters. The zero-order valence-electron chi connectivity index (χ0n) is 13.1. The summed E-state index contributed by atoms with van der Waals surface area (Å²) >= 11 is 0. The lowest BCUT2D eigenvalue weighted by atomic mass is 9.95. The maximum atomic E-state index is 12.6. The molecule has 0 aromatic heterocycles. The lowest BCUT2D eigenvalue weighted by molar-refractivity contribution is -0.121. The highest BCUT2D eigenvalue weighted by atomic mass is 16.5. The first kappa shape index (κ1) is 14.6. The molecule has 0 radical (unpaired) electrons. The minimum atomic E-state index is -0.140. The van der Waals surface area contributed by atoms with Gasteiger partial charge < -0.3 is 10.1 Å². The Kier molecular flexibility index (Phi) is 4.14. The first-order chi connectivity index (χ1) is 10.7. The number of rotatable bonds is 3. The third-order valence-corrected chi connectivity index (χ3v) is 4.24. The van der Waals surface area contributed by atoms with Crippen molar-refractivity contribution < 1.29 is 9.53 Å². The zero-order chi connectivity index (χ0) is 15.5. The maximum absolute atomic E-state index is 12.6. The molecule has 1 aliphatic heterocycles. The highest BCUT2D eigenvalue weighted by Crippen LogP contribution is 2.28. The number of amides is 1. The molecule has 0 fully saturated rings. The summed E-state index contributed by atoms with van der Waals surface area (Å²) in [4.78, 5) is 12.6. The summed E-state index contributed by atoms with van der Waals surface area (Å²) in [7, 11) is 0. The van der Waals surface area contributed by atoms with Gasteiger partial charge in [0.25, 0.3) is 0 Å². The number of ether oxygens (including phenoxy) is 1. The van der Waals surface area contributed by atoms with Gasteiger partial charge >= 0.3 is 0 Å². The van der Waals surface area contributed by atoms with E-state index in [0.717, 1.165) is 35.4 Å². The number of benzene rings is 2. The van der Waals surface area contributed by atoms with Gasteiger partial charge in [0, 0.05) is 5.69 Å². The van der Waals surface area contributed by atoms with Crippen LogP contribution in [0.1, 0.15) is 23.6 Å². The molecule has 1 atom stereocenters. The zero-order valence-corrected chi connectivity index (χ0v) is 13.1. The molecule has 3 rings (SSSR count). The number of hydrogen-bond donors (Lipinski definition) is 1. The number of fused-ring (bicyclic) bond motifs is 1. The fourth-order valence-electron chi connectivity index (χ4n) is 2.92. The monoisotopic (exact) mass is 295 g/mol. The van der Waals surface area contributed by atoms with Crippen LogP contribution in [0.25, 0.3) is 0 Å². The van der Waals surface area contributed by atoms with E-state index in [4.69, 9.17) is 4.74 Å². The molecule has 1 amide bonds. The van der Waals surface area contributed by atoms with Crippen molar-refractivity contribution in [2.45, 2.75) is 26.7 Å². The van der Waals surface area contributed by atoms with E-state index in [1.807, 2.05) is 43.3 Å². The Bertz CT molecular complexity index is 694. The van der Waals surface area contributed by atoms with Gasteiger partial charge in [-0.05, 0) is 42.5 Å². The Hall–Kier alpha value is -2.29. The molecule has 1 N–H and O–H groups in total. The molecule has 0 saturated carbocycles. The number of anilines is 1. The van der Waals surface area contributed by atoms with E-state index in [9.17, 15) is 4.79 Å². The third-order valence-electron chi connectivity index (χ3n) is 4.24. The van der Waals surface area contributed by atoms with Crippen LogP contribution in [0.5, 0.6) is 5.75 Å². The van der Waals surface area contributed by atoms with E-state index < -0.39 is 0 Å². The van der Waals surface area contributed by atoms with Crippen molar-refractivity contribution in [1.29, 1.82) is 0 Å². The quantitative estimate of drug-likeness (QED) is 0.936. The molecule has 0 spiro atoms. The van der Waals surface area contributed by atoms with Crippen molar-refractivity contribution in [2.75, 3.05) is 11.9 Å². The number of nitrogens with one attached hydrogen (secondary N) is 1. The Labute approximate surface area is 131 Å². The third kappa shape index (κ3) is 2.84. The summed E-state index contributed by atoms with van der Waals surface area (Å²) in [5.41, 5.74) is 4.33. The highest BCUT2D eigenvalue weighted by molar-refractivity contribution is 5.94. The lowest BCUT2D eigenvalue weighted by Gasteiger charge is -2.25. The summed E-state index contributed by atoms with van der Waals surface area (Å²) in [6.07, 6.45) is 1.64. The Morgan fingerprint density at radius 2 is 2.05 bits per heavy atom.